The molecule has 2 rings (SSSR count). The van der Waals surface area contributed by atoms with E-state index in [0.29, 0.717) is 25.4 Å². The van der Waals surface area contributed by atoms with Gasteiger partial charge >= 0.3 is 0 Å². The zero-order valence-corrected chi connectivity index (χ0v) is 13.1. The van der Waals surface area contributed by atoms with Gasteiger partial charge in [-0.2, -0.15) is 0 Å². The predicted octanol–water partition coefficient (Wildman–Crippen LogP) is -0.682. The van der Waals surface area contributed by atoms with Crippen LogP contribution >= 0.6 is 0 Å². The van der Waals surface area contributed by atoms with Crippen molar-refractivity contribution in [3.05, 3.63) is 30.3 Å². The van der Waals surface area contributed by atoms with E-state index in [0.717, 1.165) is 13.1 Å². The molecule has 0 bridgehead atoms. The molecular weight excluding hydrogens is 298 g/mol. The van der Waals surface area contributed by atoms with Gasteiger partial charge in [-0.05, 0) is 12.1 Å². The van der Waals surface area contributed by atoms with Crippen molar-refractivity contribution >= 4 is 11.8 Å². The van der Waals surface area contributed by atoms with Crippen molar-refractivity contribution in [2.75, 3.05) is 52.5 Å². The van der Waals surface area contributed by atoms with Crippen LogP contribution in [0.2, 0.25) is 0 Å². The second kappa shape index (κ2) is 9.12. The lowest BCUT2D eigenvalue weighted by Gasteiger charge is -2.34. The molecule has 0 atom stereocenters. The lowest BCUT2D eigenvalue weighted by Crippen LogP contribution is -2.51. The third kappa shape index (κ3) is 5.88. The molecule has 0 saturated carbocycles. The van der Waals surface area contributed by atoms with Gasteiger partial charge < -0.3 is 20.1 Å². The second-order valence-electron chi connectivity index (χ2n) is 5.32. The Balaban J connectivity index is 1.63. The first-order valence-electron chi connectivity index (χ1n) is 7.74. The van der Waals surface area contributed by atoms with E-state index in [1.165, 1.54) is 0 Å². The molecule has 0 aliphatic carbocycles. The lowest BCUT2D eigenvalue weighted by atomic mass is 10.3. The number of piperazine rings is 1. The zero-order chi connectivity index (χ0) is 16.5. The van der Waals surface area contributed by atoms with Crippen LogP contribution in [-0.4, -0.2) is 79.2 Å². The Morgan fingerprint density at radius 3 is 2.48 bits per heavy atom. The monoisotopic (exact) mass is 321 g/mol. The van der Waals surface area contributed by atoms with Gasteiger partial charge in [-0.1, -0.05) is 18.2 Å². The molecule has 1 aromatic carbocycles. The Bertz CT molecular complexity index is 501. The van der Waals surface area contributed by atoms with Gasteiger partial charge in [0.2, 0.25) is 5.91 Å². The van der Waals surface area contributed by atoms with Gasteiger partial charge in [0.05, 0.1) is 13.2 Å². The highest BCUT2D eigenvalue weighted by Gasteiger charge is 2.20. The number of β-amino-alcohol motifs (C(OH)–C–C–N with tert-alkyl or cyclic N) is 1. The molecule has 0 radical (unpaired) electrons. The Morgan fingerprint density at radius 1 is 1.13 bits per heavy atom. The number of nitrogens with one attached hydrogen (secondary N) is 1. The standard InChI is InChI=1S/C16H23N3O4/c20-11-10-18-6-8-19(9-7-18)16(22)12-17-15(21)13-23-14-4-2-1-3-5-14/h1-5,20H,6-13H2,(H,17,21). The first-order chi connectivity index (χ1) is 11.2. The summed E-state index contributed by atoms with van der Waals surface area (Å²) in [5.74, 6) is 0.205. The van der Waals surface area contributed by atoms with Gasteiger partial charge in [0.15, 0.2) is 6.61 Å². The Kier molecular flexibility index (Phi) is 6.83. The summed E-state index contributed by atoms with van der Waals surface area (Å²) in [6.45, 7) is 3.37. The zero-order valence-electron chi connectivity index (χ0n) is 13.1. The average Bonchev–Trinajstić information content (AvgIpc) is 2.59. The first kappa shape index (κ1) is 17.2. The summed E-state index contributed by atoms with van der Waals surface area (Å²) < 4.78 is 5.32. The minimum absolute atomic E-state index is 0.0169. The number of rotatable bonds is 7. The fourth-order valence-corrected chi connectivity index (χ4v) is 2.36. The molecule has 1 aliphatic heterocycles. The van der Waals surface area contributed by atoms with Crippen LogP contribution < -0.4 is 10.1 Å². The molecule has 1 fully saturated rings. The lowest BCUT2D eigenvalue weighted by molar-refractivity contribution is -0.134. The summed E-state index contributed by atoms with van der Waals surface area (Å²) >= 11 is 0. The van der Waals surface area contributed by atoms with E-state index in [1.807, 2.05) is 18.2 Å². The van der Waals surface area contributed by atoms with Crippen molar-refractivity contribution in [3.63, 3.8) is 0 Å². The van der Waals surface area contributed by atoms with Crippen molar-refractivity contribution in [3.8, 4) is 5.75 Å². The average molecular weight is 321 g/mol. The van der Waals surface area contributed by atoms with Gasteiger partial charge in [0.25, 0.3) is 5.91 Å². The van der Waals surface area contributed by atoms with Crippen LogP contribution in [0.3, 0.4) is 0 Å². The van der Waals surface area contributed by atoms with E-state index in [9.17, 15) is 9.59 Å². The number of aliphatic hydroxyl groups is 1. The number of hydrogen-bond donors (Lipinski definition) is 2. The number of amides is 2. The van der Waals surface area contributed by atoms with E-state index < -0.39 is 0 Å². The number of ether oxygens (including phenoxy) is 1. The number of nitrogens with zero attached hydrogens (tertiary/aromatic N) is 2. The van der Waals surface area contributed by atoms with Crippen LogP contribution in [0.1, 0.15) is 0 Å². The fraction of sp³-hybridized carbons (Fsp3) is 0.500. The van der Waals surface area contributed by atoms with Gasteiger partial charge in [-0.25, -0.2) is 0 Å². The Hall–Kier alpha value is -2.12. The Morgan fingerprint density at radius 2 is 1.83 bits per heavy atom. The maximum Gasteiger partial charge on any atom is 0.258 e. The van der Waals surface area contributed by atoms with Gasteiger partial charge in [0, 0.05) is 32.7 Å². The highest BCUT2D eigenvalue weighted by Crippen LogP contribution is 2.07. The predicted molar refractivity (Wildman–Crippen MR) is 85.1 cm³/mol. The van der Waals surface area contributed by atoms with Crippen molar-refractivity contribution in [2.45, 2.75) is 0 Å². The van der Waals surface area contributed by atoms with Crippen molar-refractivity contribution < 1.29 is 19.4 Å². The first-order valence-corrected chi connectivity index (χ1v) is 7.74. The molecule has 0 unspecified atom stereocenters. The highest BCUT2D eigenvalue weighted by atomic mass is 16.5. The van der Waals surface area contributed by atoms with Gasteiger partial charge in [-0.15, -0.1) is 0 Å². The third-order valence-electron chi connectivity index (χ3n) is 3.69. The summed E-state index contributed by atoms with van der Waals surface area (Å²) in [4.78, 5) is 27.6. The normalized spacial score (nSPS) is 15.3. The van der Waals surface area contributed by atoms with Crippen LogP contribution in [0.25, 0.3) is 0 Å². The minimum atomic E-state index is -0.318. The van der Waals surface area contributed by atoms with E-state index >= 15 is 0 Å². The smallest absolute Gasteiger partial charge is 0.258 e. The van der Waals surface area contributed by atoms with E-state index in [-0.39, 0.29) is 31.6 Å². The molecule has 7 heteroatoms. The van der Waals surface area contributed by atoms with Crippen molar-refractivity contribution in [1.82, 2.24) is 15.1 Å². The van der Waals surface area contributed by atoms with E-state index in [2.05, 4.69) is 10.2 Å². The number of hydrogen-bond acceptors (Lipinski definition) is 5. The highest BCUT2D eigenvalue weighted by molar-refractivity contribution is 5.85. The number of aliphatic hydroxyl groups excluding tert-OH is 1. The maximum absolute atomic E-state index is 12.0. The third-order valence-corrected chi connectivity index (χ3v) is 3.69. The molecular formula is C16H23N3O4. The van der Waals surface area contributed by atoms with Crippen molar-refractivity contribution in [1.29, 1.82) is 0 Å². The van der Waals surface area contributed by atoms with Gasteiger partial charge in [0.1, 0.15) is 5.75 Å². The summed E-state index contributed by atoms with van der Waals surface area (Å²) in [6.07, 6.45) is 0. The van der Waals surface area contributed by atoms with Crippen LogP contribution in [0.4, 0.5) is 0 Å². The summed E-state index contributed by atoms with van der Waals surface area (Å²) in [5.41, 5.74) is 0. The van der Waals surface area contributed by atoms with Crippen molar-refractivity contribution in [2.24, 2.45) is 0 Å². The largest absolute Gasteiger partial charge is 0.484 e. The van der Waals surface area contributed by atoms with Gasteiger partial charge in [-0.3, -0.25) is 14.5 Å². The number of benzene rings is 1. The minimum Gasteiger partial charge on any atom is -0.484 e. The number of carbonyl (C=O) groups excluding carboxylic acids is 2. The fourth-order valence-electron chi connectivity index (χ4n) is 2.36. The topological polar surface area (TPSA) is 82.1 Å². The summed E-state index contributed by atoms with van der Waals surface area (Å²) in [7, 11) is 0. The number of carbonyl (C=O) groups is 2. The van der Waals surface area contributed by atoms with Crippen LogP contribution in [0, 0.1) is 0 Å². The maximum atomic E-state index is 12.0. The molecule has 2 N–H and O–H groups in total. The molecule has 23 heavy (non-hydrogen) atoms. The molecule has 1 heterocycles. The van der Waals surface area contributed by atoms with E-state index in [4.69, 9.17) is 9.84 Å². The summed E-state index contributed by atoms with van der Waals surface area (Å²) in [5, 5.41) is 11.5. The molecule has 126 valence electrons. The number of para-hydroxylation sites is 1. The van der Waals surface area contributed by atoms with Crippen LogP contribution in [0.15, 0.2) is 30.3 Å². The SMILES string of the molecule is O=C(COc1ccccc1)NCC(=O)N1CCN(CCO)CC1. The molecule has 1 aliphatic rings. The quantitative estimate of drug-likeness (QED) is 0.695. The summed E-state index contributed by atoms with van der Waals surface area (Å²) in [6, 6.07) is 9.06. The van der Waals surface area contributed by atoms with Crippen LogP contribution in [0.5, 0.6) is 5.75 Å². The molecule has 1 saturated heterocycles. The molecule has 0 spiro atoms. The molecule has 0 aromatic heterocycles. The van der Waals surface area contributed by atoms with E-state index in [1.54, 1.807) is 17.0 Å². The van der Waals surface area contributed by atoms with Crippen LogP contribution in [-0.2, 0) is 9.59 Å². The molecule has 1 aromatic rings. The Labute approximate surface area is 135 Å². The molecule has 7 nitrogen and oxygen atoms in total. The molecule has 2 amide bonds. The second-order valence-corrected chi connectivity index (χ2v) is 5.32.